The number of aryl methyl sites for hydroxylation is 2. The Bertz CT molecular complexity index is 1030. The van der Waals surface area contributed by atoms with Crippen LogP contribution in [0.5, 0.6) is 5.88 Å². The number of ether oxygens (including phenoxy) is 1. The zero-order valence-electron chi connectivity index (χ0n) is 15.5. The topological polar surface area (TPSA) is 69.0 Å². The Kier molecular flexibility index (Phi) is 4.30. The highest BCUT2D eigenvalue weighted by molar-refractivity contribution is 5.96. The van der Waals surface area contributed by atoms with Crippen molar-refractivity contribution in [2.45, 2.75) is 26.4 Å². The Balaban J connectivity index is 1.72. The fourth-order valence-corrected chi connectivity index (χ4v) is 3.21. The lowest BCUT2D eigenvalue weighted by atomic mass is 10.1. The van der Waals surface area contributed by atoms with Gasteiger partial charge in [0, 0.05) is 18.6 Å². The van der Waals surface area contributed by atoms with E-state index in [4.69, 9.17) is 4.74 Å². The molecule has 0 aromatic carbocycles. The molecule has 6 nitrogen and oxygen atoms in total. The van der Waals surface area contributed by atoms with Gasteiger partial charge in [0.2, 0.25) is 11.8 Å². The van der Waals surface area contributed by atoms with E-state index in [2.05, 4.69) is 15.3 Å². The summed E-state index contributed by atoms with van der Waals surface area (Å²) < 4.78 is 20.8. The third kappa shape index (κ3) is 3.25. The summed E-state index contributed by atoms with van der Waals surface area (Å²) in [5.74, 6) is 0.155. The fourth-order valence-electron chi connectivity index (χ4n) is 3.21. The van der Waals surface area contributed by atoms with Gasteiger partial charge in [0.25, 0.3) is 0 Å². The van der Waals surface area contributed by atoms with E-state index in [1.807, 2.05) is 37.6 Å². The summed E-state index contributed by atoms with van der Waals surface area (Å²) in [4.78, 5) is 20.7. The van der Waals surface area contributed by atoms with Crippen LogP contribution in [0, 0.1) is 12.8 Å². The highest BCUT2D eigenvalue weighted by atomic mass is 19.1. The minimum atomic E-state index is -1.03. The summed E-state index contributed by atoms with van der Waals surface area (Å²) in [6.07, 6.45) is 2.76. The summed E-state index contributed by atoms with van der Waals surface area (Å²) in [6.45, 7) is 4.44. The number of carbonyl (C=O) groups is 1. The molecule has 1 N–H and O–H groups in total. The second kappa shape index (κ2) is 6.64. The molecule has 3 aromatic rings. The molecule has 0 aliphatic heterocycles. The summed E-state index contributed by atoms with van der Waals surface area (Å²) in [5, 5.41) is 3.62. The number of nitrogens with one attached hydrogen (secondary N) is 1. The molecule has 4 rings (SSSR count). The van der Waals surface area contributed by atoms with Crippen LogP contribution in [0.1, 0.15) is 18.9 Å². The molecule has 3 aromatic heterocycles. The van der Waals surface area contributed by atoms with Crippen LogP contribution in [0.2, 0.25) is 0 Å². The molecule has 140 valence electrons. The Morgan fingerprint density at radius 3 is 2.81 bits per heavy atom. The Morgan fingerprint density at radius 1 is 1.33 bits per heavy atom. The Hall–Kier alpha value is -2.96. The van der Waals surface area contributed by atoms with Gasteiger partial charge in [-0.1, -0.05) is 0 Å². The highest BCUT2D eigenvalue weighted by Crippen LogP contribution is 2.36. The average Bonchev–Trinajstić information content (AvgIpc) is 3.29. The van der Waals surface area contributed by atoms with Gasteiger partial charge in [-0.15, -0.1) is 0 Å². The smallest absolute Gasteiger partial charge is 0.231 e. The predicted octanol–water partition coefficient (Wildman–Crippen LogP) is 3.64. The lowest BCUT2D eigenvalue weighted by Gasteiger charge is -2.11. The van der Waals surface area contributed by atoms with Crippen molar-refractivity contribution in [3.63, 3.8) is 0 Å². The first-order valence-corrected chi connectivity index (χ1v) is 8.98. The molecule has 27 heavy (non-hydrogen) atoms. The van der Waals surface area contributed by atoms with Crippen molar-refractivity contribution in [1.29, 1.82) is 0 Å². The van der Waals surface area contributed by atoms with E-state index in [0.717, 1.165) is 27.7 Å². The quantitative estimate of drug-likeness (QED) is 0.747. The van der Waals surface area contributed by atoms with Crippen LogP contribution in [0.4, 0.5) is 10.2 Å². The van der Waals surface area contributed by atoms with Gasteiger partial charge in [-0.3, -0.25) is 4.79 Å². The van der Waals surface area contributed by atoms with E-state index in [9.17, 15) is 9.18 Å². The van der Waals surface area contributed by atoms with Crippen LogP contribution in [0.3, 0.4) is 0 Å². The first-order chi connectivity index (χ1) is 13.0. The molecule has 0 bridgehead atoms. The highest BCUT2D eigenvalue weighted by Gasteiger charge is 2.43. The van der Waals surface area contributed by atoms with Gasteiger partial charge < -0.3 is 14.6 Å². The van der Waals surface area contributed by atoms with E-state index in [0.29, 0.717) is 24.7 Å². The fraction of sp³-hybridized carbons (Fsp3) is 0.350. The number of carbonyl (C=O) groups excluding carboxylic acids is 1. The van der Waals surface area contributed by atoms with Crippen LogP contribution in [0.25, 0.3) is 22.2 Å². The summed E-state index contributed by atoms with van der Waals surface area (Å²) >= 11 is 0. The maximum Gasteiger partial charge on any atom is 0.231 e. The molecule has 1 aliphatic carbocycles. The van der Waals surface area contributed by atoms with Gasteiger partial charge in [0.1, 0.15) is 12.0 Å². The first-order valence-electron chi connectivity index (χ1n) is 8.98. The number of halogens is 1. The van der Waals surface area contributed by atoms with Crippen molar-refractivity contribution in [2.75, 3.05) is 11.9 Å². The number of pyridine rings is 2. The summed E-state index contributed by atoms with van der Waals surface area (Å²) in [7, 11) is 1.95. The van der Waals surface area contributed by atoms with Gasteiger partial charge >= 0.3 is 0 Å². The standard InChI is InChI=1S/C20H21FN4O2/c1-4-27-20-14(5-11(2)9-23-20)16-6-12-7-18(22-10-17(12)25(16)3)24-19(26)13-8-15(13)21/h5-7,9-10,13,15H,4,8H2,1-3H3,(H,22,24,26). The van der Waals surface area contributed by atoms with Crippen LogP contribution in [0.15, 0.2) is 30.6 Å². The van der Waals surface area contributed by atoms with Crippen molar-refractivity contribution in [1.82, 2.24) is 14.5 Å². The monoisotopic (exact) mass is 368 g/mol. The van der Waals surface area contributed by atoms with Gasteiger partial charge in [-0.25, -0.2) is 14.4 Å². The minimum Gasteiger partial charge on any atom is -0.477 e. The van der Waals surface area contributed by atoms with Gasteiger partial charge in [0.05, 0.1) is 35.5 Å². The van der Waals surface area contributed by atoms with Gasteiger partial charge in [-0.05, 0) is 44.0 Å². The lowest BCUT2D eigenvalue weighted by Crippen LogP contribution is -2.15. The van der Waals surface area contributed by atoms with Crippen molar-refractivity contribution in [3.05, 3.63) is 36.2 Å². The number of hydrogen-bond donors (Lipinski definition) is 1. The van der Waals surface area contributed by atoms with Crippen molar-refractivity contribution < 1.29 is 13.9 Å². The summed E-state index contributed by atoms with van der Waals surface area (Å²) in [6, 6.07) is 5.85. The van der Waals surface area contributed by atoms with E-state index < -0.39 is 12.1 Å². The molecule has 0 saturated heterocycles. The second-order valence-electron chi connectivity index (χ2n) is 6.86. The molecule has 1 amide bonds. The number of nitrogens with zero attached hydrogens (tertiary/aromatic N) is 3. The molecule has 0 spiro atoms. The zero-order valence-corrected chi connectivity index (χ0v) is 15.5. The molecule has 7 heteroatoms. The average molecular weight is 368 g/mol. The normalized spacial score (nSPS) is 18.5. The van der Waals surface area contributed by atoms with Crippen LogP contribution in [-0.2, 0) is 11.8 Å². The second-order valence-corrected chi connectivity index (χ2v) is 6.86. The molecule has 2 unspecified atom stereocenters. The van der Waals surface area contributed by atoms with E-state index in [-0.39, 0.29) is 5.91 Å². The van der Waals surface area contributed by atoms with Crippen molar-refractivity contribution in [3.8, 4) is 17.1 Å². The molecular formula is C20H21FN4O2. The molecule has 1 aliphatic rings. The van der Waals surface area contributed by atoms with Crippen LogP contribution in [-0.4, -0.2) is 33.2 Å². The molecule has 1 saturated carbocycles. The van der Waals surface area contributed by atoms with Crippen molar-refractivity contribution in [2.24, 2.45) is 13.0 Å². The largest absolute Gasteiger partial charge is 0.477 e. The number of anilines is 1. The number of alkyl halides is 1. The number of hydrogen-bond acceptors (Lipinski definition) is 4. The third-order valence-corrected chi connectivity index (χ3v) is 4.77. The molecule has 1 fully saturated rings. The summed E-state index contributed by atoms with van der Waals surface area (Å²) in [5.41, 5.74) is 3.80. The van der Waals surface area contributed by atoms with Crippen LogP contribution >= 0.6 is 0 Å². The van der Waals surface area contributed by atoms with Crippen LogP contribution < -0.4 is 10.1 Å². The van der Waals surface area contributed by atoms with E-state index in [1.54, 1.807) is 18.5 Å². The lowest BCUT2D eigenvalue weighted by molar-refractivity contribution is -0.117. The van der Waals surface area contributed by atoms with Gasteiger partial charge in [0.15, 0.2) is 0 Å². The third-order valence-electron chi connectivity index (χ3n) is 4.77. The number of aromatic nitrogens is 3. The molecule has 0 radical (unpaired) electrons. The number of amides is 1. The first kappa shape index (κ1) is 17.5. The maximum atomic E-state index is 13.1. The Morgan fingerprint density at radius 2 is 2.11 bits per heavy atom. The Labute approximate surface area is 156 Å². The van der Waals surface area contributed by atoms with Crippen molar-refractivity contribution >= 4 is 22.6 Å². The molecule has 2 atom stereocenters. The molecular weight excluding hydrogens is 347 g/mol. The minimum absolute atomic E-state index is 0.296. The van der Waals surface area contributed by atoms with Gasteiger partial charge in [-0.2, -0.15) is 0 Å². The number of rotatable bonds is 5. The predicted molar refractivity (Wildman–Crippen MR) is 101 cm³/mol. The van der Waals surface area contributed by atoms with E-state index in [1.165, 1.54) is 0 Å². The SMILES string of the molecule is CCOc1ncc(C)cc1-c1cc2cc(NC(=O)C3CC3F)ncc2n1C. The van der Waals surface area contributed by atoms with E-state index >= 15 is 0 Å². The maximum absolute atomic E-state index is 13.1. The zero-order chi connectivity index (χ0) is 19.1. The molecule has 3 heterocycles. The number of fused-ring (bicyclic) bond motifs is 1.